The van der Waals surface area contributed by atoms with Gasteiger partial charge in [-0.25, -0.2) is 0 Å². The number of benzene rings is 2. The van der Waals surface area contributed by atoms with E-state index in [1.54, 1.807) is 0 Å². The minimum absolute atomic E-state index is 0.0285. The summed E-state index contributed by atoms with van der Waals surface area (Å²) in [6, 6.07) is 14.1. The molecule has 0 radical (unpaired) electrons. The second-order valence-corrected chi connectivity index (χ2v) is 7.73. The van der Waals surface area contributed by atoms with Crippen LogP contribution in [-0.2, 0) is 20.7 Å². The Hall–Kier alpha value is -2.77. The van der Waals surface area contributed by atoms with Crippen LogP contribution in [0.5, 0.6) is 5.75 Å². The van der Waals surface area contributed by atoms with Crippen molar-refractivity contribution in [1.82, 2.24) is 0 Å². The normalized spacial score (nSPS) is 16.8. The number of hydrogen-bond acceptors (Lipinski definition) is 6. The lowest BCUT2D eigenvalue weighted by Crippen LogP contribution is -2.38. The van der Waals surface area contributed by atoms with E-state index >= 15 is 0 Å². The largest absolute Gasteiger partial charge is 0.484 e. The number of morpholine rings is 2. The Bertz CT molecular complexity index is 860. The molecule has 1 amide bonds. The summed E-state index contributed by atoms with van der Waals surface area (Å²) in [6.45, 7) is 8.28. The zero-order valence-electron chi connectivity index (χ0n) is 18.1. The predicted molar refractivity (Wildman–Crippen MR) is 122 cm³/mol. The minimum atomic E-state index is -0.173. The number of aryl methyl sites for hydroxylation is 1. The molecular weight excluding hydrogens is 394 g/mol. The lowest BCUT2D eigenvalue weighted by molar-refractivity contribution is -0.118. The van der Waals surface area contributed by atoms with Crippen molar-refractivity contribution in [2.75, 3.05) is 74.3 Å². The SMILES string of the molecule is CCc1ccc(OCC(=O)Nc2ccc(N3CCOCC3)cc2N2CCOCC2)cc1. The highest BCUT2D eigenvalue weighted by Gasteiger charge is 2.19. The Labute approximate surface area is 183 Å². The number of hydrogen-bond donors (Lipinski definition) is 1. The Kier molecular flexibility index (Phi) is 7.27. The molecule has 0 aliphatic carbocycles. The molecule has 0 atom stereocenters. The fourth-order valence-electron chi connectivity index (χ4n) is 3.87. The van der Waals surface area contributed by atoms with Gasteiger partial charge in [0.05, 0.1) is 37.8 Å². The molecule has 166 valence electrons. The molecule has 0 saturated carbocycles. The maximum atomic E-state index is 12.6. The van der Waals surface area contributed by atoms with Crippen molar-refractivity contribution in [2.45, 2.75) is 13.3 Å². The van der Waals surface area contributed by atoms with Gasteiger partial charge in [0.15, 0.2) is 6.61 Å². The smallest absolute Gasteiger partial charge is 0.262 e. The molecule has 2 aliphatic rings. The lowest BCUT2D eigenvalue weighted by atomic mass is 10.1. The monoisotopic (exact) mass is 425 g/mol. The van der Waals surface area contributed by atoms with Crippen LogP contribution in [0, 0.1) is 0 Å². The summed E-state index contributed by atoms with van der Waals surface area (Å²) in [5, 5.41) is 3.04. The molecule has 2 aromatic rings. The van der Waals surface area contributed by atoms with Crippen LogP contribution in [0.2, 0.25) is 0 Å². The van der Waals surface area contributed by atoms with Crippen molar-refractivity contribution in [3.8, 4) is 5.75 Å². The van der Waals surface area contributed by atoms with Gasteiger partial charge in [0, 0.05) is 31.9 Å². The van der Waals surface area contributed by atoms with E-state index in [1.165, 1.54) is 5.56 Å². The Balaban J connectivity index is 1.45. The van der Waals surface area contributed by atoms with Gasteiger partial charge < -0.3 is 29.3 Å². The standard InChI is InChI=1S/C24H31N3O4/c1-2-19-3-6-21(7-4-19)31-18-24(28)25-22-8-5-20(26-9-13-29-14-10-26)17-23(22)27-11-15-30-16-12-27/h3-8,17H,2,9-16,18H2,1H3,(H,25,28). The zero-order valence-corrected chi connectivity index (χ0v) is 18.1. The number of carbonyl (C=O) groups excluding carboxylic acids is 1. The summed E-state index contributed by atoms with van der Waals surface area (Å²) in [5.41, 5.74) is 4.21. The molecule has 0 aromatic heterocycles. The van der Waals surface area contributed by atoms with Gasteiger partial charge in [-0.05, 0) is 42.3 Å². The van der Waals surface area contributed by atoms with Crippen molar-refractivity contribution in [1.29, 1.82) is 0 Å². The van der Waals surface area contributed by atoms with Gasteiger partial charge >= 0.3 is 0 Å². The molecule has 1 N–H and O–H groups in total. The number of nitrogens with one attached hydrogen (secondary N) is 1. The quantitative estimate of drug-likeness (QED) is 0.736. The molecule has 31 heavy (non-hydrogen) atoms. The maximum absolute atomic E-state index is 12.6. The molecule has 0 bridgehead atoms. The highest BCUT2D eigenvalue weighted by molar-refractivity contribution is 5.96. The predicted octanol–water partition coefficient (Wildman–Crippen LogP) is 2.94. The average Bonchev–Trinajstić information content (AvgIpc) is 2.84. The van der Waals surface area contributed by atoms with Gasteiger partial charge in [0.25, 0.3) is 5.91 Å². The molecule has 7 nitrogen and oxygen atoms in total. The summed E-state index contributed by atoms with van der Waals surface area (Å²) in [7, 11) is 0. The van der Waals surface area contributed by atoms with Crippen LogP contribution in [0.15, 0.2) is 42.5 Å². The second kappa shape index (κ2) is 10.5. The van der Waals surface area contributed by atoms with Gasteiger partial charge in [-0.15, -0.1) is 0 Å². The van der Waals surface area contributed by atoms with Crippen molar-refractivity contribution in [2.24, 2.45) is 0 Å². The summed E-state index contributed by atoms with van der Waals surface area (Å²) in [6.07, 6.45) is 0.978. The van der Waals surface area contributed by atoms with Gasteiger partial charge in [0.2, 0.25) is 0 Å². The first-order valence-electron chi connectivity index (χ1n) is 11.0. The van der Waals surface area contributed by atoms with E-state index in [1.807, 2.05) is 30.3 Å². The number of nitrogens with zero attached hydrogens (tertiary/aromatic N) is 2. The highest BCUT2D eigenvalue weighted by Crippen LogP contribution is 2.32. The number of anilines is 3. The molecular formula is C24H31N3O4. The topological polar surface area (TPSA) is 63.3 Å². The van der Waals surface area contributed by atoms with Crippen molar-refractivity contribution in [3.63, 3.8) is 0 Å². The molecule has 0 spiro atoms. The van der Waals surface area contributed by atoms with Gasteiger partial charge in [-0.2, -0.15) is 0 Å². The van der Waals surface area contributed by atoms with Gasteiger partial charge in [-0.3, -0.25) is 4.79 Å². The van der Waals surface area contributed by atoms with E-state index in [0.717, 1.165) is 62.9 Å². The van der Waals surface area contributed by atoms with Crippen LogP contribution < -0.4 is 19.9 Å². The summed E-state index contributed by atoms with van der Waals surface area (Å²) >= 11 is 0. The molecule has 7 heteroatoms. The Morgan fingerprint density at radius 3 is 2.23 bits per heavy atom. The number of amides is 1. The third-order valence-electron chi connectivity index (χ3n) is 5.68. The van der Waals surface area contributed by atoms with Crippen LogP contribution in [0.3, 0.4) is 0 Å². The van der Waals surface area contributed by atoms with Gasteiger partial charge in [0.1, 0.15) is 5.75 Å². The fraction of sp³-hybridized carbons (Fsp3) is 0.458. The first-order valence-corrected chi connectivity index (χ1v) is 11.0. The summed E-state index contributed by atoms with van der Waals surface area (Å²) in [5.74, 6) is 0.525. The second-order valence-electron chi connectivity index (χ2n) is 7.73. The van der Waals surface area contributed by atoms with E-state index in [0.29, 0.717) is 19.0 Å². The zero-order chi connectivity index (χ0) is 21.5. The third kappa shape index (κ3) is 5.68. The molecule has 4 rings (SSSR count). The molecule has 2 saturated heterocycles. The Morgan fingerprint density at radius 2 is 1.58 bits per heavy atom. The summed E-state index contributed by atoms with van der Waals surface area (Å²) in [4.78, 5) is 17.2. The Morgan fingerprint density at radius 1 is 0.935 bits per heavy atom. The third-order valence-corrected chi connectivity index (χ3v) is 5.68. The fourth-order valence-corrected chi connectivity index (χ4v) is 3.87. The van der Waals surface area contributed by atoms with Crippen LogP contribution in [0.25, 0.3) is 0 Å². The van der Waals surface area contributed by atoms with E-state index in [9.17, 15) is 4.79 Å². The lowest BCUT2D eigenvalue weighted by Gasteiger charge is -2.33. The van der Waals surface area contributed by atoms with Crippen LogP contribution in [0.4, 0.5) is 17.1 Å². The van der Waals surface area contributed by atoms with Crippen LogP contribution in [0.1, 0.15) is 12.5 Å². The molecule has 2 aliphatic heterocycles. The van der Waals surface area contributed by atoms with Crippen LogP contribution >= 0.6 is 0 Å². The minimum Gasteiger partial charge on any atom is -0.484 e. The molecule has 0 unspecified atom stereocenters. The van der Waals surface area contributed by atoms with E-state index in [4.69, 9.17) is 14.2 Å². The van der Waals surface area contributed by atoms with E-state index in [2.05, 4.69) is 34.2 Å². The summed E-state index contributed by atoms with van der Waals surface area (Å²) < 4.78 is 16.7. The number of rotatable bonds is 7. The first kappa shape index (κ1) is 21.5. The van der Waals surface area contributed by atoms with E-state index < -0.39 is 0 Å². The average molecular weight is 426 g/mol. The van der Waals surface area contributed by atoms with Crippen molar-refractivity contribution < 1.29 is 19.0 Å². The molecule has 2 fully saturated rings. The maximum Gasteiger partial charge on any atom is 0.262 e. The van der Waals surface area contributed by atoms with Crippen molar-refractivity contribution >= 4 is 23.0 Å². The molecule has 2 heterocycles. The highest BCUT2D eigenvalue weighted by atomic mass is 16.5. The number of ether oxygens (including phenoxy) is 3. The van der Waals surface area contributed by atoms with Gasteiger partial charge in [-0.1, -0.05) is 19.1 Å². The van der Waals surface area contributed by atoms with E-state index in [-0.39, 0.29) is 12.5 Å². The van der Waals surface area contributed by atoms with Crippen molar-refractivity contribution in [3.05, 3.63) is 48.0 Å². The van der Waals surface area contributed by atoms with Crippen LogP contribution in [-0.4, -0.2) is 65.1 Å². The number of carbonyl (C=O) groups is 1. The molecule has 2 aromatic carbocycles. The first-order chi connectivity index (χ1) is 15.2.